The molecule has 0 N–H and O–H groups in total. The quantitative estimate of drug-likeness (QED) is 0.495. The van der Waals surface area contributed by atoms with Gasteiger partial charge in [0.1, 0.15) is 0 Å². The van der Waals surface area contributed by atoms with Crippen molar-refractivity contribution in [1.29, 1.82) is 0 Å². The molecule has 0 aliphatic rings. The molecule has 2 aromatic rings. The number of benzene rings is 1. The van der Waals surface area contributed by atoms with E-state index in [0.29, 0.717) is 12.5 Å². The lowest BCUT2D eigenvalue weighted by Crippen LogP contribution is -2.08. The fourth-order valence-electron chi connectivity index (χ4n) is 1.88. The van der Waals surface area contributed by atoms with Crippen LogP contribution >= 0.6 is 38.5 Å². The Bertz CT molecular complexity index is 624. The number of carbonyl (C=O) groups excluding carboxylic acids is 1. The summed E-state index contributed by atoms with van der Waals surface area (Å²) >= 11 is 5.65. The predicted molar refractivity (Wildman–Crippen MR) is 92.1 cm³/mol. The summed E-state index contributed by atoms with van der Waals surface area (Å²) < 4.78 is 3.82. The van der Waals surface area contributed by atoms with Gasteiger partial charge in [0.15, 0.2) is 5.78 Å². The second-order valence-corrected chi connectivity index (χ2v) is 6.87. The van der Waals surface area contributed by atoms with Crippen LogP contribution in [0.4, 0.5) is 0 Å². The van der Waals surface area contributed by atoms with Crippen LogP contribution in [0, 0.1) is 3.57 Å². The van der Waals surface area contributed by atoms with Crippen LogP contribution in [0.15, 0.2) is 34.9 Å². The van der Waals surface area contributed by atoms with E-state index >= 15 is 0 Å². The first kappa shape index (κ1) is 15.7. The SMILES string of the molecule is CCC(C)n1ccc(CC(=O)c2cc(I)ccc2Br)n1. The van der Waals surface area contributed by atoms with E-state index in [0.717, 1.165) is 25.7 Å². The van der Waals surface area contributed by atoms with Gasteiger partial charge in [0.25, 0.3) is 0 Å². The van der Waals surface area contributed by atoms with Crippen LogP contribution in [0.25, 0.3) is 0 Å². The number of Topliss-reactive ketones (excluding diaryl/α,β-unsaturated/α-hetero) is 1. The molecule has 1 atom stereocenters. The third-order valence-electron chi connectivity index (χ3n) is 3.28. The van der Waals surface area contributed by atoms with E-state index in [1.807, 2.05) is 35.1 Å². The molecule has 0 bridgehead atoms. The fraction of sp³-hybridized carbons (Fsp3) is 0.333. The maximum Gasteiger partial charge on any atom is 0.170 e. The maximum absolute atomic E-state index is 12.4. The fourth-order valence-corrected chi connectivity index (χ4v) is 2.83. The molecule has 0 saturated heterocycles. The monoisotopic (exact) mass is 446 g/mol. The number of halogens is 2. The Morgan fingerprint density at radius 3 is 2.90 bits per heavy atom. The van der Waals surface area contributed by atoms with E-state index in [4.69, 9.17) is 0 Å². The lowest BCUT2D eigenvalue weighted by molar-refractivity contribution is 0.0991. The van der Waals surface area contributed by atoms with E-state index in [1.54, 1.807) is 0 Å². The summed E-state index contributed by atoms with van der Waals surface area (Å²) in [6.45, 7) is 4.24. The molecular weight excluding hydrogens is 431 g/mol. The highest BCUT2D eigenvalue weighted by molar-refractivity contribution is 14.1. The average molecular weight is 447 g/mol. The molecule has 20 heavy (non-hydrogen) atoms. The lowest BCUT2D eigenvalue weighted by atomic mass is 10.1. The van der Waals surface area contributed by atoms with Crippen molar-refractivity contribution < 1.29 is 4.79 Å². The van der Waals surface area contributed by atoms with Crippen LogP contribution in [0.2, 0.25) is 0 Å². The third-order valence-corrected chi connectivity index (χ3v) is 4.64. The zero-order chi connectivity index (χ0) is 14.7. The number of hydrogen-bond acceptors (Lipinski definition) is 2. The lowest BCUT2D eigenvalue weighted by Gasteiger charge is -2.08. The molecule has 1 aromatic carbocycles. The van der Waals surface area contributed by atoms with E-state index in [9.17, 15) is 4.79 Å². The first-order chi connectivity index (χ1) is 9.51. The zero-order valence-electron chi connectivity index (χ0n) is 11.4. The van der Waals surface area contributed by atoms with Crippen LogP contribution in [0.1, 0.15) is 42.4 Å². The van der Waals surface area contributed by atoms with Crippen LogP contribution < -0.4 is 0 Å². The van der Waals surface area contributed by atoms with E-state index in [2.05, 4.69) is 57.5 Å². The summed E-state index contributed by atoms with van der Waals surface area (Å²) in [5.74, 6) is 0.0878. The molecule has 106 valence electrons. The highest BCUT2D eigenvalue weighted by Gasteiger charge is 2.13. The van der Waals surface area contributed by atoms with E-state index < -0.39 is 0 Å². The number of rotatable bonds is 5. The maximum atomic E-state index is 12.4. The smallest absolute Gasteiger partial charge is 0.170 e. The number of hydrogen-bond donors (Lipinski definition) is 0. The van der Waals surface area contributed by atoms with E-state index in [-0.39, 0.29) is 5.78 Å². The molecule has 2 rings (SSSR count). The van der Waals surface area contributed by atoms with Gasteiger partial charge in [-0.3, -0.25) is 9.48 Å². The van der Waals surface area contributed by atoms with Gasteiger partial charge in [0, 0.05) is 25.8 Å². The second-order valence-electron chi connectivity index (χ2n) is 4.77. The summed E-state index contributed by atoms with van der Waals surface area (Å²) in [5.41, 5.74) is 1.54. The first-order valence-electron chi connectivity index (χ1n) is 6.53. The van der Waals surface area contributed by atoms with Crippen molar-refractivity contribution in [2.75, 3.05) is 0 Å². The van der Waals surface area contributed by atoms with Gasteiger partial charge < -0.3 is 0 Å². The van der Waals surface area contributed by atoms with Crippen molar-refractivity contribution in [2.24, 2.45) is 0 Å². The van der Waals surface area contributed by atoms with Crippen molar-refractivity contribution >= 4 is 44.3 Å². The van der Waals surface area contributed by atoms with E-state index in [1.165, 1.54) is 0 Å². The molecule has 5 heteroatoms. The molecule has 0 saturated carbocycles. The Labute approximate surface area is 141 Å². The molecule has 0 aliphatic carbocycles. The van der Waals surface area contributed by atoms with Gasteiger partial charge in [0.05, 0.1) is 12.1 Å². The number of aromatic nitrogens is 2. The van der Waals surface area contributed by atoms with Crippen molar-refractivity contribution in [3.8, 4) is 0 Å². The topological polar surface area (TPSA) is 34.9 Å². The molecule has 0 radical (unpaired) electrons. The van der Waals surface area contributed by atoms with Crippen LogP contribution in [-0.2, 0) is 6.42 Å². The van der Waals surface area contributed by atoms with Gasteiger partial charge >= 0.3 is 0 Å². The zero-order valence-corrected chi connectivity index (χ0v) is 15.2. The Kier molecular flexibility index (Phi) is 5.37. The molecule has 3 nitrogen and oxygen atoms in total. The van der Waals surface area contributed by atoms with Crippen molar-refractivity contribution in [3.05, 3.63) is 49.8 Å². The van der Waals surface area contributed by atoms with Crippen LogP contribution in [0.3, 0.4) is 0 Å². The molecule has 0 fully saturated rings. The summed E-state index contributed by atoms with van der Waals surface area (Å²) in [6.07, 6.45) is 3.31. The van der Waals surface area contributed by atoms with Crippen molar-refractivity contribution in [2.45, 2.75) is 32.7 Å². The molecular formula is C15H16BrIN2O. The number of nitrogens with zero attached hydrogens (tertiary/aromatic N) is 2. The number of ketones is 1. The van der Waals surface area contributed by atoms with Gasteiger partial charge in [-0.15, -0.1) is 0 Å². The average Bonchev–Trinajstić information content (AvgIpc) is 2.89. The van der Waals surface area contributed by atoms with Gasteiger partial charge in [-0.25, -0.2) is 0 Å². The Morgan fingerprint density at radius 2 is 2.20 bits per heavy atom. The van der Waals surface area contributed by atoms with Gasteiger partial charge in [-0.05, 0) is 60.2 Å². The molecule has 0 spiro atoms. The van der Waals surface area contributed by atoms with Crippen LogP contribution in [0.5, 0.6) is 0 Å². The van der Waals surface area contributed by atoms with Crippen molar-refractivity contribution in [3.63, 3.8) is 0 Å². The summed E-state index contributed by atoms with van der Waals surface area (Å²) in [6, 6.07) is 8.07. The minimum Gasteiger partial charge on any atom is -0.294 e. The standard InChI is InChI=1S/C15H16BrIN2O/c1-3-10(2)19-7-6-12(18-19)9-15(20)13-8-11(17)4-5-14(13)16/h4-8,10H,3,9H2,1-2H3. The summed E-state index contributed by atoms with van der Waals surface area (Å²) in [7, 11) is 0. The predicted octanol–water partition coefficient (Wildman–Crippen LogP) is 4.65. The van der Waals surface area contributed by atoms with Gasteiger partial charge in [-0.1, -0.05) is 22.9 Å². The summed E-state index contributed by atoms with van der Waals surface area (Å²) in [4.78, 5) is 12.4. The molecule has 1 unspecified atom stereocenters. The Morgan fingerprint density at radius 1 is 1.45 bits per heavy atom. The second kappa shape index (κ2) is 6.85. The molecule has 0 aliphatic heterocycles. The highest BCUT2D eigenvalue weighted by atomic mass is 127. The van der Waals surface area contributed by atoms with Gasteiger partial charge in [-0.2, -0.15) is 5.10 Å². The molecule has 0 amide bonds. The number of carbonyl (C=O) groups is 1. The summed E-state index contributed by atoms with van der Waals surface area (Å²) in [5, 5.41) is 4.48. The third kappa shape index (κ3) is 3.69. The normalized spacial score (nSPS) is 12.4. The van der Waals surface area contributed by atoms with Crippen LogP contribution in [-0.4, -0.2) is 15.6 Å². The first-order valence-corrected chi connectivity index (χ1v) is 8.40. The highest BCUT2D eigenvalue weighted by Crippen LogP contribution is 2.21. The Hall–Kier alpha value is -0.690. The minimum atomic E-state index is 0.0878. The largest absolute Gasteiger partial charge is 0.294 e. The minimum absolute atomic E-state index is 0.0878. The van der Waals surface area contributed by atoms with Crippen molar-refractivity contribution in [1.82, 2.24) is 9.78 Å². The molecule has 1 heterocycles. The molecule has 1 aromatic heterocycles. The van der Waals surface area contributed by atoms with Gasteiger partial charge in [0.2, 0.25) is 0 Å². The Balaban J connectivity index is 2.15.